The number of hydrogen-bond donors (Lipinski definition) is 4. The molecule has 1 aliphatic rings. The molecule has 0 unspecified atom stereocenters. The highest BCUT2D eigenvalue weighted by Crippen LogP contribution is 2.27. The van der Waals surface area contributed by atoms with Gasteiger partial charge in [0.2, 0.25) is 11.8 Å². The molecule has 0 radical (unpaired) electrons. The first-order chi connectivity index (χ1) is 18.3. The van der Waals surface area contributed by atoms with Crippen molar-refractivity contribution < 1.29 is 19.1 Å². The number of amides is 2. The fourth-order valence-corrected chi connectivity index (χ4v) is 4.46. The first-order valence-corrected chi connectivity index (χ1v) is 12.7. The molecule has 1 saturated heterocycles. The molecule has 0 bridgehead atoms. The predicted molar refractivity (Wildman–Crippen MR) is 144 cm³/mol. The summed E-state index contributed by atoms with van der Waals surface area (Å²) in [6, 6.07) is 17.4. The highest BCUT2D eigenvalue weighted by Gasteiger charge is 2.33. The molecular formula is C28H33FN6O3. The molecule has 2 amide bonds. The Morgan fingerprint density at radius 3 is 2.45 bits per heavy atom. The molecule has 3 aromatic rings. The zero-order valence-electron chi connectivity index (χ0n) is 21.4. The van der Waals surface area contributed by atoms with Crippen LogP contribution in [0.3, 0.4) is 0 Å². The Morgan fingerprint density at radius 1 is 1.00 bits per heavy atom. The number of aromatic nitrogens is 2. The lowest BCUT2D eigenvalue weighted by Gasteiger charge is -2.38. The minimum atomic E-state index is -0.921. The molecule has 0 atom stereocenters. The van der Waals surface area contributed by atoms with E-state index < -0.39 is 5.60 Å². The third-order valence-electron chi connectivity index (χ3n) is 6.41. The molecule has 1 aliphatic heterocycles. The summed E-state index contributed by atoms with van der Waals surface area (Å²) >= 11 is 0. The van der Waals surface area contributed by atoms with Crippen LogP contribution in [0.25, 0.3) is 11.4 Å². The molecule has 9 nitrogen and oxygen atoms in total. The Hall–Kier alpha value is -3.89. The lowest BCUT2D eigenvalue weighted by molar-refractivity contribution is -0.119. The summed E-state index contributed by atoms with van der Waals surface area (Å²) in [5, 5.41) is 19.7. The number of anilines is 2. The highest BCUT2D eigenvalue weighted by atomic mass is 19.1. The first kappa shape index (κ1) is 27.2. The fraction of sp³-hybridized carbons (Fsp3) is 0.357. The maximum Gasteiger partial charge on any atom is 0.239 e. The summed E-state index contributed by atoms with van der Waals surface area (Å²) < 4.78 is 13.5. The summed E-state index contributed by atoms with van der Waals surface area (Å²) in [6.45, 7) is 3.61. The number of halogens is 1. The SMILES string of the molecule is CC(=O)NCCNc1cc(NC(=O)CN2CCC(O)(Cc3cccc(F)c3)CC2)nc(-c2ccccc2)n1. The van der Waals surface area contributed by atoms with Gasteiger partial charge in [0.15, 0.2) is 5.82 Å². The van der Waals surface area contributed by atoms with Gasteiger partial charge in [-0.2, -0.15) is 0 Å². The second-order valence-corrected chi connectivity index (χ2v) is 9.59. The van der Waals surface area contributed by atoms with Crippen molar-refractivity contribution in [2.24, 2.45) is 0 Å². The van der Waals surface area contributed by atoms with Crippen molar-refractivity contribution in [2.75, 3.05) is 43.4 Å². The molecular weight excluding hydrogens is 487 g/mol. The molecule has 0 spiro atoms. The number of rotatable bonds is 10. The number of carbonyl (C=O) groups excluding carboxylic acids is 2. The van der Waals surface area contributed by atoms with Crippen molar-refractivity contribution in [1.82, 2.24) is 20.2 Å². The van der Waals surface area contributed by atoms with Crippen molar-refractivity contribution in [3.05, 3.63) is 72.0 Å². The van der Waals surface area contributed by atoms with Gasteiger partial charge < -0.3 is 21.1 Å². The predicted octanol–water partition coefficient (Wildman–Crippen LogP) is 2.84. The van der Waals surface area contributed by atoms with E-state index in [1.54, 1.807) is 12.1 Å². The number of benzene rings is 2. The molecule has 1 fully saturated rings. The maximum atomic E-state index is 13.5. The van der Waals surface area contributed by atoms with E-state index in [9.17, 15) is 19.1 Å². The van der Waals surface area contributed by atoms with Gasteiger partial charge in [0, 0.05) is 51.2 Å². The quantitative estimate of drug-likeness (QED) is 0.304. The number of likely N-dealkylation sites (tertiary alicyclic amines) is 1. The van der Waals surface area contributed by atoms with Gasteiger partial charge in [-0.3, -0.25) is 14.5 Å². The summed E-state index contributed by atoms with van der Waals surface area (Å²) in [5.41, 5.74) is 0.649. The first-order valence-electron chi connectivity index (χ1n) is 12.7. The number of aliphatic hydroxyl groups is 1. The normalized spacial score (nSPS) is 15.0. The number of nitrogens with one attached hydrogen (secondary N) is 3. The zero-order chi connectivity index (χ0) is 27.0. The van der Waals surface area contributed by atoms with Gasteiger partial charge >= 0.3 is 0 Å². The number of piperidine rings is 1. The van der Waals surface area contributed by atoms with Crippen LogP contribution in [-0.4, -0.2) is 70.1 Å². The molecule has 1 aromatic heterocycles. The average molecular weight is 521 g/mol. The van der Waals surface area contributed by atoms with E-state index >= 15 is 0 Å². The van der Waals surface area contributed by atoms with E-state index in [0.717, 1.165) is 11.1 Å². The molecule has 10 heteroatoms. The van der Waals surface area contributed by atoms with Crippen LogP contribution in [0.2, 0.25) is 0 Å². The van der Waals surface area contributed by atoms with Crippen molar-refractivity contribution in [1.29, 1.82) is 0 Å². The van der Waals surface area contributed by atoms with E-state index in [1.807, 2.05) is 41.3 Å². The zero-order valence-corrected chi connectivity index (χ0v) is 21.4. The van der Waals surface area contributed by atoms with Crippen LogP contribution in [0.5, 0.6) is 0 Å². The summed E-state index contributed by atoms with van der Waals surface area (Å²) in [7, 11) is 0. The van der Waals surface area contributed by atoms with Gasteiger partial charge in [-0.1, -0.05) is 42.5 Å². The van der Waals surface area contributed by atoms with Crippen molar-refractivity contribution >= 4 is 23.5 Å². The Bertz CT molecular complexity index is 1250. The second kappa shape index (κ2) is 12.6. The average Bonchev–Trinajstić information content (AvgIpc) is 2.88. The van der Waals surface area contributed by atoms with E-state index in [0.29, 0.717) is 62.9 Å². The van der Waals surface area contributed by atoms with Crippen LogP contribution in [0.1, 0.15) is 25.3 Å². The third-order valence-corrected chi connectivity index (χ3v) is 6.41. The minimum absolute atomic E-state index is 0.113. The van der Waals surface area contributed by atoms with E-state index in [2.05, 4.69) is 25.9 Å². The molecule has 0 saturated carbocycles. The molecule has 2 heterocycles. The van der Waals surface area contributed by atoms with Crippen LogP contribution >= 0.6 is 0 Å². The van der Waals surface area contributed by atoms with Crippen LogP contribution in [0.4, 0.5) is 16.0 Å². The van der Waals surface area contributed by atoms with Gasteiger partial charge in [0.1, 0.15) is 17.5 Å². The standard InChI is InChI=1S/C28H33FN6O3/c1-20(36)30-12-13-31-24-17-25(34-27(33-24)22-7-3-2-4-8-22)32-26(37)19-35-14-10-28(38,11-15-35)18-21-6-5-9-23(29)16-21/h2-9,16-17,38H,10-15,18-19H2,1H3,(H,30,36)(H2,31,32,33,34,37). The summed E-state index contributed by atoms with van der Waals surface area (Å²) in [4.78, 5) is 35.1. The largest absolute Gasteiger partial charge is 0.389 e. The molecule has 4 N–H and O–H groups in total. The van der Waals surface area contributed by atoms with E-state index in [1.165, 1.54) is 19.1 Å². The topological polar surface area (TPSA) is 119 Å². The lowest BCUT2D eigenvalue weighted by Crippen LogP contribution is -2.47. The highest BCUT2D eigenvalue weighted by molar-refractivity contribution is 5.92. The van der Waals surface area contributed by atoms with Gasteiger partial charge in [0.25, 0.3) is 0 Å². The van der Waals surface area contributed by atoms with E-state index in [4.69, 9.17) is 0 Å². The van der Waals surface area contributed by atoms with Gasteiger partial charge in [-0.15, -0.1) is 0 Å². The number of carbonyl (C=O) groups is 2. The molecule has 2 aromatic carbocycles. The van der Waals surface area contributed by atoms with Crippen LogP contribution in [-0.2, 0) is 16.0 Å². The van der Waals surface area contributed by atoms with E-state index in [-0.39, 0.29) is 24.2 Å². The Kier molecular flexibility index (Phi) is 8.98. The van der Waals surface area contributed by atoms with Crippen LogP contribution in [0, 0.1) is 5.82 Å². The number of nitrogens with zero attached hydrogens (tertiary/aromatic N) is 3. The van der Waals surface area contributed by atoms with Gasteiger partial charge in [-0.05, 0) is 30.5 Å². The number of hydrogen-bond acceptors (Lipinski definition) is 7. The van der Waals surface area contributed by atoms with Crippen LogP contribution in [0.15, 0.2) is 60.7 Å². The van der Waals surface area contributed by atoms with Crippen molar-refractivity contribution in [2.45, 2.75) is 31.8 Å². The van der Waals surface area contributed by atoms with Crippen molar-refractivity contribution in [3.63, 3.8) is 0 Å². The summed E-state index contributed by atoms with van der Waals surface area (Å²) in [5.74, 6) is 0.711. The van der Waals surface area contributed by atoms with Crippen LogP contribution < -0.4 is 16.0 Å². The Balaban J connectivity index is 1.35. The van der Waals surface area contributed by atoms with Crippen molar-refractivity contribution in [3.8, 4) is 11.4 Å². The third kappa shape index (κ3) is 8.06. The molecule has 4 rings (SSSR count). The maximum absolute atomic E-state index is 13.5. The smallest absolute Gasteiger partial charge is 0.239 e. The monoisotopic (exact) mass is 520 g/mol. The Morgan fingerprint density at radius 2 is 1.74 bits per heavy atom. The Labute approximate surface area is 221 Å². The lowest BCUT2D eigenvalue weighted by atomic mass is 9.85. The summed E-state index contributed by atoms with van der Waals surface area (Å²) in [6.07, 6.45) is 1.36. The van der Waals surface area contributed by atoms with Gasteiger partial charge in [-0.25, -0.2) is 14.4 Å². The minimum Gasteiger partial charge on any atom is -0.389 e. The van der Waals surface area contributed by atoms with Gasteiger partial charge in [0.05, 0.1) is 12.1 Å². The molecule has 38 heavy (non-hydrogen) atoms. The second-order valence-electron chi connectivity index (χ2n) is 9.59. The molecule has 200 valence electrons. The molecule has 0 aliphatic carbocycles. The fourth-order valence-electron chi connectivity index (χ4n) is 4.46.